The molecule has 0 aromatic carbocycles. The zero-order valence-corrected chi connectivity index (χ0v) is 18.6. The van der Waals surface area contributed by atoms with Crippen LogP contribution in [0.25, 0.3) is 11.3 Å². The summed E-state index contributed by atoms with van der Waals surface area (Å²) in [7, 11) is 0. The lowest BCUT2D eigenvalue weighted by Crippen LogP contribution is -2.47. The van der Waals surface area contributed by atoms with Crippen LogP contribution in [0.1, 0.15) is 25.1 Å². The fourth-order valence-electron chi connectivity index (χ4n) is 4.27. The molecule has 176 valence electrons. The fourth-order valence-corrected chi connectivity index (χ4v) is 4.27. The first-order valence-corrected chi connectivity index (χ1v) is 11.3. The van der Waals surface area contributed by atoms with E-state index in [-0.39, 0.29) is 26.0 Å². The fraction of sp³-hybridized carbons (Fsp3) is 0.591. The Hall–Kier alpha value is -2.92. The normalized spacial score (nSPS) is 24.1. The number of rotatable bonds is 6. The van der Waals surface area contributed by atoms with E-state index in [1.54, 1.807) is 18.5 Å². The Morgan fingerprint density at radius 2 is 1.91 bits per heavy atom. The smallest absolute Gasteiger partial charge is 0.260 e. The topological polar surface area (TPSA) is 117 Å². The summed E-state index contributed by atoms with van der Waals surface area (Å²) in [4.78, 5) is 34.0. The quantitative estimate of drug-likeness (QED) is 0.654. The lowest BCUT2D eigenvalue weighted by atomic mass is 10.00. The third-order valence-electron chi connectivity index (χ3n) is 6.49. The number of amides is 1. The molecule has 2 saturated heterocycles. The highest BCUT2D eigenvalue weighted by Crippen LogP contribution is 2.43. The predicted octanol–water partition coefficient (Wildman–Crippen LogP) is 0.956. The van der Waals surface area contributed by atoms with Crippen LogP contribution in [0.4, 0.5) is 16.2 Å². The molecule has 4 heterocycles. The molecule has 10 nitrogen and oxygen atoms in total. The number of alkyl halides is 1. The molecule has 33 heavy (non-hydrogen) atoms. The van der Waals surface area contributed by atoms with Crippen LogP contribution in [0.2, 0.25) is 0 Å². The Morgan fingerprint density at radius 1 is 1.18 bits per heavy atom. The second kappa shape index (κ2) is 8.45. The number of hydrogen-bond acceptors (Lipinski definition) is 9. The van der Waals surface area contributed by atoms with E-state index in [2.05, 4.69) is 15.3 Å². The van der Waals surface area contributed by atoms with E-state index in [0.29, 0.717) is 62.6 Å². The molecule has 1 atom stereocenters. The second-order valence-corrected chi connectivity index (χ2v) is 9.06. The molecule has 2 N–H and O–H groups in total. The monoisotopic (exact) mass is 457 g/mol. The van der Waals surface area contributed by atoms with Crippen molar-refractivity contribution in [3.05, 3.63) is 24.3 Å². The van der Waals surface area contributed by atoms with Gasteiger partial charge < -0.3 is 25.0 Å². The van der Waals surface area contributed by atoms with Crippen LogP contribution >= 0.6 is 0 Å². The predicted molar refractivity (Wildman–Crippen MR) is 119 cm³/mol. The number of aliphatic hydroxyl groups is 1. The second-order valence-electron chi connectivity index (χ2n) is 9.06. The van der Waals surface area contributed by atoms with Gasteiger partial charge in [-0.1, -0.05) is 0 Å². The number of nitrogens with zero attached hydrogens (tertiary/aromatic N) is 6. The van der Waals surface area contributed by atoms with E-state index in [1.807, 2.05) is 11.8 Å². The van der Waals surface area contributed by atoms with E-state index >= 15 is 0 Å². The number of aromatic nitrogens is 4. The molecular weight excluding hydrogens is 429 g/mol. The van der Waals surface area contributed by atoms with Gasteiger partial charge in [0.05, 0.1) is 31.1 Å². The first kappa shape index (κ1) is 21.9. The van der Waals surface area contributed by atoms with Gasteiger partial charge in [-0.25, -0.2) is 19.3 Å². The van der Waals surface area contributed by atoms with Crippen molar-refractivity contribution in [3.63, 3.8) is 0 Å². The average Bonchev–Trinajstić information content (AvgIpc) is 3.46. The van der Waals surface area contributed by atoms with E-state index in [9.17, 15) is 14.3 Å². The Balaban J connectivity index is 1.44. The molecule has 0 spiro atoms. The third kappa shape index (κ3) is 4.47. The van der Waals surface area contributed by atoms with Crippen molar-refractivity contribution in [3.8, 4) is 11.3 Å². The van der Waals surface area contributed by atoms with Crippen molar-refractivity contribution in [2.24, 2.45) is 0 Å². The van der Waals surface area contributed by atoms with Crippen molar-refractivity contribution in [1.82, 2.24) is 24.8 Å². The van der Waals surface area contributed by atoms with Crippen LogP contribution in [0, 0.1) is 6.92 Å². The third-order valence-corrected chi connectivity index (χ3v) is 6.49. The van der Waals surface area contributed by atoms with Crippen LogP contribution in [-0.4, -0.2) is 93.1 Å². The molecule has 3 fully saturated rings. The van der Waals surface area contributed by atoms with Gasteiger partial charge in [-0.15, -0.1) is 0 Å². The van der Waals surface area contributed by atoms with Crippen molar-refractivity contribution >= 4 is 17.7 Å². The summed E-state index contributed by atoms with van der Waals surface area (Å²) in [6.07, 6.45) is 4.47. The maximum Gasteiger partial charge on any atom is 0.260 e. The van der Waals surface area contributed by atoms with Gasteiger partial charge >= 0.3 is 0 Å². The highest BCUT2D eigenvalue weighted by Gasteiger charge is 2.55. The highest BCUT2D eigenvalue weighted by atomic mass is 19.1. The van der Waals surface area contributed by atoms with Gasteiger partial charge in [0.2, 0.25) is 5.95 Å². The molecule has 2 aromatic heterocycles. The van der Waals surface area contributed by atoms with Crippen molar-refractivity contribution in [2.75, 3.05) is 56.2 Å². The van der Waals surface area contributed by atoms with E-state index in [0.717, 1.165) is 5.56 Å². The summed E-state index contributed by atoms with van der Waals surface area (Å²) < 4.78 is 19.8. The number of carbonyl (C=O) groups excluding carboxylic acids is 1. The highest BCUT2D eigenvalue weighted by molar-refractivity contribution is 5.88. The Labute approximate surface area is 191 Å². The minimum absolute atomic E-state index is 0.212. The maximum atomic E-state index is 14.3. The van der Waals surface area contributed by atoms with Gasteiger partial charge in [0.1, 0.15) is 11.6 Å². The molecule has 2 aromatic rings. The molecule has 1 aliphatic carbocycles. The summed E-state index contributed by atoms with van der Waals surface area (Å²) >= 11 is 0. The molecule has 0 radical (unpaired) electrons. The Bertz CT molecular complexity index is 1030. The number of nitrogens with one attached hydrogen (secondary N) is 1. The summed E-state index contributed by atoms with van der Waals surface area (Å²) in [6.45, 7) is 4.72. The van der Waals surface area contributed by atoms with Crippen LogP contribution < -0.4 is 10.2 Å². The summed E-state index contributed by atoms with van der Waals surface area (Å²) in [5, 5.41) is 13.6. The molecule has 0 bridgehead atoms. The van der Waals surface area contributed by atoms with Crippen LogP contribution in [-0.2, 0) is 9.53 Å². The van der Waals surface area contributed by atoms with Gasteiger partial charge in [0.15, 0.2) is 5.67 Å². The van der Waals surface area contributed by atoms with E-state index < -0.39 is 17.1 Å². The summed E-state index contributed by atoms with van der Waals surface area (Å²) in [5.74, 6) is 1.25. The number of ether oxygens (including phenoxy) is 1. The SMILES string of the molecule is Cc1ncc(-c2cc(N[C@@]3(CO)CCN(C(=O)C4(F)CC4)C3)nc(N3CCOCC3)n2)cn1. The Morgan fingerprint density at radius 3 is 2.58 bits per heavy atom. The molecule has 11 heteroatoms. The minimum Gasteiger partial charge on any atom is -0.394 e. The number of aryl methyl sites for hydroxylation is 1. The standard InChI is InChI=1S/C22H28FN7O3/c1-15-24-11-16(12-25-15)17-10-18(27-20(26-17)29-6-8-33-9-7-29)28-21(14-31)4-5-30(13-21)19(32)22(23)2-3-22/h10-12,31H,2-9,13-14H2,1H3,(H,26,27,28)/t21-/m0/s1. The number of morpholine rings is 1. The molecule has 1 amide bonds. The van der Waals surface area contributed by atoms with Gasteiger partial charge in [-0.3, -0.25) is 4.79 Å². The van der Waals surface area contributed by atoms with Gasteiger partial charge in [0, 0.05) is 50.2 Å². The number of aliphatic hydroxyl groups excluding tert-OH is 1. The molecule has 5 rings (SSSR count). The maximum absolute atomic E-state index is 14.3. The van der Waals surface area contributed by atoms with Crippen molar-refractivity contribution < 1.29 is 19.0 Å². The lowest BCUT2D eigenvalue weighted by Gasteiger charge is -2.31. The molecule has 0 unspecified atom stereocenters. The largest absolute Gasteiger partial charge is 0.394 e. The number of likely N-dealkylation sites (tertiary alicyclic amines) is 1. The molecular formula is C22H28FN7O3. The van der Waals surface area contributed by atoms with E-state index in [4.69, 9.17) is 14.7 Å². The number of carbonyl (C=O) groups is 1. The molecule has 2 aliphatic heterocycles. The summed E-state index contributed by atoms with van der Waals surface area (Å²) in [6, 6.07) is 1.79. The van der Waals surface area contributed by atoms with Gasteiger partial charge in [0.25, 0.3) is 5.91 Å². The average molecular weight is 458 g/mol. The molecule has 3 aliphatic rings. The summed E-state index contributed by atoms with van der Waals surface area (Å²) in [5.41, 5.74) is -1.13. The lowest BCUT2D eigenvalue weighted by molar-refractivity contribution is -0.137. The van der Waals surface area contributed by atoms with Crippen LogP contribution in [0.5, 0.6) is 0 Å². The zero-order valence-electron chi connectivity index (χ0n) is 18.6. The Kier molecular flexibility index (Phi) is 5.61. The minimum atomic E-state index is -1.72. The van der Waals surface area contributed by atoms with Gasteiger partial charge in [-0.05, 0) is 26.2 Å². The number of hydrogen-bond donors (Lipinski definition) is 2. The van der Waals surface area contributed by atoms with Gasteiger partial charge in [-0.2, -0.15) is 4.98 Å². The number of anilines is 2. The van der Waals surface area contributed by atoms with Crippen LogP contribution in [0.3, 0.4) is 0 Å². The first-order valence-electron chi connectivity index (χ1n) is 11.3. The number of halogens is 1. The van der Waals surface area contributed by atoms with Crippen molar-refractivity contribution in [1.29, 1.82) is 0 Å². The van der Waals surface area contributed by atoms with E-state index in [1.165, 1.54) is 4.90 Å². The van der Waals surface area contributed by atoms with Crippen molar-refractivity contribution in [2.45, 2.75) is 37.4 Å². The molecule has 1 saturated carbocycles. The van der Waals surface area contributed by atoms with Crippen LogP contribution in [0.15, 0.2) is 18.5 Å². The zero-order chi connectivity index (χ0) is 23.1. The first-order chi connectivity index (χ1) is 15.9.